The lowest BCUT2D eigenvalue weighted by atomic mass is 9.46. The fraction of sp³-hybridized carbons (Fsp3) is 0.904. The average molecular weight is 1060 g/mol. The summed E-state index contributed by atoms with van der Waals surface area (Å²) >= 11 is 0. The third-order valence-electron chi connectivity index (χ3n) is 18.6. The molecule has 7 fully saturated rings. The minimum absolute atomic E-state index is 0.00844. The van der Waals surface area contributed by atoms with E-state index in [-0.39, 0.29) is 60.1 Å². The molecule has 0 spiro atoms. The molecule has 0 aromatic rings. The van der Waals surface area contributed by atoms with Gasteiger partial charge in [0, 0.05) is 52.1 Å². The Morgan fingerprint density at radius 3 is 2.09 bits per heavy atom. The van der Waals surface area contributed by atoms with Crippen LogP contribution in [0.1, 0.15) is 107 Å². The maximum Gasteiger partial charge on any atom is 0.303 e. The Kier molecular flexibility index (Phi) is 17.7. The van der Waals surface area contributed by atoms with Crippen molar-refractivity contribution < 1.29 is 107 Å². The number of rotatable bonds is 16. The third-order valence-corrected chi connectivity index (χ3v) is 18.6. The first-order chi connectivity index (χ1) is 34.9. The van der Waals surface area contributed by atoms with Crippen molar-refractivity contribution in [2.75, 3.05) is 26.9 Å². The number of aliphatic hydroxyl groups excluding tert-OH is 8. The van der Waals surface area contributed by atoms with Crippen LogP contribution < -0.4 is 0 Å². The van der Waals surface area contributed by atoms with Crippen molar-refractivity contribution in [3.8, 4) is 0 Å². The van der Waals surface area contributed by atoms with Crippen molar-refractivity contribution in [1.82, 2.24) is 0 Å². The highest BCUT2D eigenvalue weighted by Crippen LogP contribution is 2.70. The van der Waals surface area contributed by atoms with Crippen molar-refractivity contribution in [2.24, 2.45) is 46.3 Å². The molecule has 74 heavy (non-hydrogen) atoms. The normalized spacial score (nSPS) is 49.3. The molecule has 422 valence electrons. The number of methoxy groups -OCH3 is 1. The number of carbonyl (C=O) groups is 3. The molecule has 27 atom stereocenters. The average Bonchev–Trinajstić information content (AvgIpc) is 3.81. The first-order valence-electron chi connectivity index (χ1n) is 26.5. The predicted molar refractivity (Wildman–Crippen MR) is 252 cm³/mol. The predicted octanol–water partition coefficient (Wildman–Crippen LogP) is 0.506. The minimum Gasteiger partial charge on any atom is -0.463 e. The van der Waals surface area contributed by atoms with Gasteiger partial charge in [-0.05, 0) is 80.5 Å². The van der Waals surface area contributed by atoms with Crippen LogP contribution in [0.3, 0.4) is 0 Å². The van der Waals surface area contributed by atoms with Crippen molar-refractivity contribution in [3.63, 3.8) is 0 Å². The summed E-state index contributed by atoms with van der Waals surface area (Å²) < 4.78 is 67.7. The molecule has 22 heteroatoms. The van der Waals surface area contributed by atoms with Gasteiger partial charge in [0.05, 0.1) is 37.6 Å². The molecule has 1 unspecified atom stereocenters. The van der Waals surface area contributed by atoms with Gasteiger partial charge in [-0.1, -0.05) is 39.3 Å². The van der Waals surface area contributed by atoms with Crippen LogP contribution in [-0.2, 0) is 66.5 Å². The summed E-state index contributed by atoms with van der Waals surface area (Å²) in [7, 11) is 1.68. The van der Waals surface area contributed by atoms with E-state index in [0.717, 1.165) is 45.1 Å². The van der Waals surface area contributed by atoms with Crippen LogP contribution >= 0.6 is 0 Å². The molecule has 0 aromatic carbocycles. The highest BCUT2D eigenvalue weighted by molar-refractivity contribution is 5.68. The van der Waals surface area contributed by atoms with Crippen LogP contribution in [0, 0.1) is 46.3 Å². The maximum absolute atomic E-state index is 12.9. The summed E-state index contributed by atoms with van der Waals surface area (Å²) in [5.74, 6) is -2.52. The van der Waals surface area contributed by atoms with Crippen LogP contribution in [0.2, 0.25) is 0 Å². The first kappa shape index (κ1) is 57.7. The molecule has 0 bridgehead atoms. The van der Waals surface area contributed by atoms with E-state index in [2.05, 4.69) is 26.8 Å². The number of ether oxygens (including phenoxy) is 11. The molecule has 22 nitrogen and oxygen atoms in total. The summed E-state index contributed by atoms with van der Waals surface area (Å²) in [6, 6.07) is 0. The van der Waals surface area contributed by atoms with Gasteiger partial charge >= 0.3 is 17.9 Å². The molecular weight excluding hydrogens is 977 g/mol. The number of allylic oxidation sites excluding steroid dienone is 1. The van der Waals surface area contributed by atoms with E-state index in [1.807, 2.05) is 6.92 Å². The molecule has 4 heterocycles. The lowest BCUT2D eigenvalue weighted by Crippen LogP contribution is -2.66. The Bertz CT molecular complexity index is 2010. The summed E-state index contributed by atoms with van der Waals surface area (Å²) in [6.45, 7) is 12.9. The smallest absolute Gasteiger partial charge is 0.303 e. The minimum atomic E-state index is -1.80. The van der Waals surface area contributed by atoms with Gasteiger partial charge in [0.25, 0.3) is 0 Å². The number of esters is 3. The van der Waals surface area contributed by atoms with E-state index in [1.54, 1.807) is 7.11 Å². The molecule has 4 saturated heterocycles. The van der Waals surface area contributed by atoms with Gasteiger partial charge in [-0.25, -0.2) is 0 Å². The molecular formula is C52H82O22. The van der Waals surface area contributed by atoms with Crippen LogP contribution in [0.5, 0.6) is 0 Å². The van der Waals surface area contributed by atoms with Crippen LogP contribution in [0.25, 0.3) is 0 Å². The lowest BCUT2D eigenvalue weighted by Gasteiger charge is -2.60. The van der Waals surface area contributed by atoms with E-state index in [9.17, 15) is 55.2 Å². The molecule has 4 aliphatic heterocycles. The topological polar surface area (TPSA) is 315 Å². The first-order valence-corrected chi connectivity index (χ1v) is 26.5. The highest BCUT2D eigenvalue weighted by Gasteiger charge is 2.69. The van der Waals surface area contributed by atoms with E-state index < -0.39 is 147 Å². The van der Waals surface area contributed by atoms with Crippen molar-refractivity contribution in [3.05, 3.63) is 11.6 Å². The number of carbonyl (C=O) groups excluding carboxylic acids is 3. The Balaban J connectivity index is 1.02. The number of aliphatic hydroxyl groups is 8. The van der Waals surface area contributed by atoms with Gasteiger partial charge in [0.2, 0.25) is 0 Å². The second kappa shape index (κ2) is 22.7. The maximum atomic E-state index is 12.9. The monoisotopic (exact) mass is 1060 g/mol. The van der Waals surface area contributed by atoms with Gasteiger partial charge in [-0.15, -0.1) is 0 Å². The lowest BCUT2D eigenvalue weighted by molar-refractivity contribution is -0.375. The van der Waals surface area contributed by atoms with Gasteiger partial charge in [0.15, 0.2) is 43.0 Å². The molecule has 0 amide bonds. The van der Waals surface area contributed by atoms with Crippen molar-refractivity contribution in [2.45, 2.75) is 223 Å². The Hall–Kier alpha value is -2.49. The van der Waals surface area contributed by atoms with E-state index in [4.69, 9.17) is 52.1 Å². The summed E-state index contributed by atoms with van der Waals surface area (Å²) in [4.78, 5) is 37.8. The fourth-order valence-corrected chi connectivity index (χ4v) is 14.7. The number of hydrogen-bond donors (Lipinski definition) is 8. The van der Waals surface area contributed by atoms with E-state index >= 15 is 0 Å². The van der Waals surface area contributed by atoms with E-state index in [0.29, 0.717) is 19.3 Å². The van der Waals surface area contributed by atoms with Gasteiger partial charge in [-0.3, -0.25) is 14.4 Å². The highest BCUT2D eigenvalue weighted by atomic mass is 16.8. The molecule has 0 aromatic heterocycles. The second-order valence-electron chi connectivity index (χ2n) is 23.1. The van der Waals surface area contributed by atoms with Crippen molar-refractivity contribution >= 4 is 17.9 Å². The third kappa shape index (κ3) is 10.7. The molecule has 0 radical (unpaired) electrons. The Morgan fingerprint density at radius 1 is 0.770 bits per heavy atom. The molecule has 8 N–H and O–H groups in total. The zero-order valence-electron chi connectivity index (χ0n) is 44.0. The largest absolute Gasteiger partial charge is 0.463 e. The zero-order chi connectivity index (χ0) is 53.9. The standard InChI is InChI=1S/C52H82O22/c1-22(20-66-47-42(62)41(61)39(59)34(19-53)70-47)12-15-52(64-9)23(2)37-33(74-52)18-32-30-11-10-28-16-29(57)17-36(51(28,8)31(30)13-14-50(32,37)7)72-49-46(73-48-43(63)40(60)38(58)24(3)67-48)45(69-27(6)56)44(68-26(5)55)35(71-49)21-65-25(4)54/h10,22-24,29-49,53,57-63H,11-21H2,1-9H3/t22-,23+,24+,29-,30-,31+,32+,33+,34-,35-,36-,37+,38+,39-,40-,41+,42-,43-,44+,45+,46-,47-,48+,49+,50+,51+,52?/m1/s1. The zero-order valence-corrected chi connectivity index (χ0v) is 44.0. The van der Waals surface area contributed by atoms with E-state index in [1.165, 1.54) is 13.8 Å². The number of fused-ring (bicyclic) bond motifs is 7. The summed E-state index contributed by atoms with van der Waals surface area (Å²) in [5, 5.41) is 84.7. The second-order valence-corrected chi connectivity index (χ2v) is 23.1. The van der Waals surface area contributed by atoms with Gasteiger partial charge in [0.1, 0.15) is 55.4 Å². The van der Waals surface area contributed by atoms with Crippen LogP contribution in [0.15, 0.2) is 11.6 Å². The SMILES string of the molecule is COC1(CC[C@@H](C)CO[C@@H]2O[C@H](CO)[C@@H](O)[C@H](O)[C@H]2O)O[C@H]2C[C@H]3[C@@H]4CC=C5C[C@@H](O)C[C@@H](O[C@@H]6O[C@H](COC(C)=O)[C@H](OC(C)=O)[C@H](OC(C)=O)[C@H]6O[C@@H]6O[C@@H](C)[C@H](O)[C@@H](O)[C@H]6O)[C@]5(C)[C@H]4CC[C@]3(C)[C@H]2[C@@H]1C. The van der Waals surface area contributed by atoms with Crippen molar-refractivity contribution in [1.29, 1.82) is 0 Å². The molecule has 8 rings (SSSR count). The van der Waals surface area contributed by atoms with Gasteiger partial charge in [-0.2, -0.15) is 0 Å². The van der Waals surface area contributed by atoms with Crippen LogP contribution in [0.4, 0.5) is 0 Å². The summed E-state index contributed by atoms with van der Waals surface area (Å²) in [6.07, 6.45) is -16.0. The summed E-state index contributed by atoms with van der Waals surface area (Å²) in [5.41, 5.74) is 0.216. The molecule has 3 saturated carbocycles. The fourth-order valence-electron chi connectivity index (χ4n) is 14.7. The quantitative estimate of drug-likeness (QED) is 0.0593. The Labute approximate surface area is 432 Å². The molecule has 8 aliphatic rings. The molecule has 4 aliphatic carbocycles. The Morgan fingerprint density at radius 2 is 1.43 bits per heavy atom. The van der Waals surface area contributed by atoms with Crippen LogP contribution in [-0.4, -0.2) is 202 Å². The van der Waals surface area contributed by atoms with Gasteiger partial charge < -0.3 is 93.0 Å². The number of hydrogen-bond acceptors (Lipinski definition) is 22.